The van der Waals surface area contributed by atoms with Gasteiger partial charge in [-0.25, -0.2) is 0 Å². The van der Waals surface area contributed by atoms with Gasteiger partial charge in [-0.15, -0.1) is 0 Å². The van der Waals surface area contributed by atoms with E-state index in [-0.39, 0.29) is 10.6 Å². The number of nitrogens with zero attached hydrogens (tertiary/aromatic N) is 1. The van der Waals surface area contributed by atoms with E-state index in [2.05, 4.69) is 0 Å². The third kappa shape index (κ3) is 2.83. The number of benzene rings is 2. The molecule has 0 N–H and O–H groups in total. The van der Waals surface area contributed by atoms with E-state index in [0.717, 1.165) is 11.1 Å². The summed E-state index contributed by atoms with van der Waals surface area (Å²) >= 11 is 0. The highest BCUT2D eigenvalue weighted by Gasteiger charge is 2.10. The van der Waals surface area contributed by atoms with Gasteiger partial charge in [0.05, 0.1) is 10.5 Å². The smallest absolute Gasteiger partial charge is 0.258 e. The molecule has 0 atom stereocenters. The Balaban J connectivity index is 2.36. The molecule has 0 heterocycles. The Morgan fingerprint density at radius 1 is 1.06 bits per heavy atom. The van der Waals surface area contributed by atoms with Crippen molar-refractivity contribution in [2.45, 2.75) is 6.92 Å². The minimum Gasteiger partial charge on any atom is -0.258 e. The fourth-order valence-electron chi connectivity index (χ4n) is 1.72. The maximum Gasteiger partial charge on any atom is 0.276 e. The Kier molecular flexibility index (Phi) is 3.53. The van der Waals surface area contributed by atoms with Crippen LogP contribution in [0.3, 0.4) is 0 Å². The average Bonchev–Trinajstić information content (AvgIpc) is 2.37. The molecule has 0 aliphatic heterocycles. The van der Waals surface area contributed by atoms with E-state index < -0.39 is 0 Å². The second-order valence-electron chi connectivity index (χ2n) is 4.06. The van der Waals surface area contributed by atoms with Crippen LogP contribution in [0.15, 0.2) is 48.5 Å². The van der Waals surface area contributed by atoms with Crippen molar-refractivity contribution in [3.63, 3.8) is 0 Å². The van der Waals surface area contributed by atoms with Gasteiger partial charge in [0.2, 0.25) is 0 Å². The van der Waals surface area contributed by atoms with Crippen molar-refractivity contribution in [3.8, 4) is 0 Å². The summed E-state index contributed by atoms with van der Waals surface area (Å²) < 4.78 is 0. The lowest BCUT2D eigenvalue weighted by Gasteiger charge is -1.99. The van der Waals surface area contributed by atoms with Crippen molar-refractivity contribution >= 4 is 17.8 Å². The van der Waals surface area contributed by atoms with Gasteiger partial charge in [0, 0.05) is 6.07 Å². The van der Waals surface area contributed by atoms with Gasteiger partial charge in [0.25, 0.3) is 5.69 Å². The van der Waals surface area contributed by atoms with Gasteiger partial charge in [0.1, 0.15) is 0 Å². The molecule has 2 rings (SSSR count). The molecule has 2 aromatic carbocycles. The summed E-state index contributed by atoms with van der Waals surface area (Å²) in [5, 5.41) is 10.9. The van der Waals surface area contributed by atoms with E-state index in [4.69, 9.17) is 0 Å². The summed E-state index contributed by atoms with van der Waals surface area (Å²) in [4.78, 5) is 10.6. The summed E-state index contributed by atoms with van der Waals surface area (Å²) in [6.07, 6.45) is 3.66. The Labute approximate surface area is 106 Å². The zero-order chi connectivity index (χ0) is 13.0. The molecule has 18 heavy (non-hydrogen) atoms. The molecule has 0 unspecified atom stereocenters. The fraction of sp³-hybridized carbons (Fsp3) is 0.0667. The molecule has 0 spiro atoms. The van der Waals surface area contributed by atoms with Crippen molar-refractivity contribution in [2.24, 2.45) is 0 Å². The van der Waals surface area contributed by atoms with Crippen LogP contribution in [0.5, 0.6) is 0 Å². The summed E-state index contributed by atoms with van der Waals surface area (Å²) in [7, 11) is 0. The zero-order valence-corrected chi connectivity index (χ0v) is 10.0. The molecule has 0 fully saturated rings. The van der Waals surface area contributed by atoms with Crippen LogP contribution in [-0.4, -0.2) is 4.92 Å². The minimum atomic E-state index is -0.357. The van der Waals surface area contributed by atoms with E-state index >= 15 is 0 Å². The predicted molar refractivity (Wildman–Crippen MR) is 73.2 cm³/mol. The number of nitro groups is 1. The Bertz CT molecular complexity index is 589. The van der Waals surface area contributed by atoms with Crippen LogP contribution in [0.4, 0.5) is 5.69 Å². The van der Waals surface area contributed by atoms with Gasteiger partial charge >= 0.3 is 0 Å². The summed E-state index contributed by atoms with van der Waals surface area (Å²) in [6, 6.07) is 14.8. The molecule has 0 saturated carbocycles. The first-order chi connectivity index (χ1) is 8.66. The normalized spacial score (nSPS) is 10.7. The van der Waals surface area contributed by atoms with Gasteiger partial charge in [-0.2, -0.15) is 0 Å². The van der Waals surface area contributed by atoms with Crippen LogP contribution in [-0.2, 0) is 0 Å². The first-order valence-electron chi connectivity index (χ1n) is 5.65. The molecule has 0 radical (unpaired) electrons. The molecule has 0 aliphatic rings. The van der Waals surface area contributed by atoms with Crippen LogP contribution in [0.1, 0.15) is 16.7 Å². The van der Waals surface area contributed by atoms with Crippen molar-refractivity contribution < 1.29 is 4.92 Å². The largest absolute Gasteiger partial charge is 0.276 e. The number of hydrogen-bond donors (Lipinski definition) is 0. The molecule has 2 aromatic rings. The van der Waals surface area contributed by atoms with Gasteiger partial charge in [-0.1, -0.05) is 48.0 Å². The number of rotatable bonds is 3. The zero-order valence-electron chi connectivity index (χ0n) is 10.0. The molecular formula is C15H13NO2. The van der Waals surface area contributed by atoms with Crippen LogP contribution in [0.2, 0.25) is 0 Å². The van der Waals surface area contributed by atoms with Gasteiger partial charge in [-0.05, 0) is 24.6 Å². The molecule has 0 amide bonds. The van der Waals surface area contributed by atoms with Crippen LogP contribution >= 0.6 is 0 Å². The number of aryl methyl sites for hydroxylation is 1. The van der Waals surface area contributed by atoms with Crippen molar-refractivity contribution in [3.05, 3.63) is 75.3 Å². The van der Waals surface area contributed by atoms with E-state index in [1.54, 1.807) is 18.2 Å². The topological polar surface area (TPSA) is 43.1 Å². The lowest BCUT2D eigenvalue weighted by Crippen LogP contribution is -1.91. The van der Waals surface area contributed by atoms with E-state index in [1.807, 2.05) is 49.4 Å². The molecule has 0 saturated heterocycles. The highest BCUT2D eigenvalue weighted by atomic mass is 16.6. The Hall–Kier alpha value is -2.42. The van der Waals surface area contributed by atoms with E-state index in [1.165, 1.54) is 0 Å². The SMILES string of the molecule is Cc1ccc([N+](=O)[O-])c(C=Cc2ccccc2)c1. The first-order valence-corrected chi connectivity index (χ1v) is 5.65. The fourth-order valence-corrected chi connectivity index (χ4v) is 1.72. The first kappa shape index (κ1) is 12.0. The van der Waals surface area contributed by atoms with Crippen molar-refractivity contribution in [1.29, 1.82) is 0 Å². The van der Waals surface area contributed by atoms with Crippen molar-refractivity contribution in [2.75, 3.05) is 0 Å². The average molecular weight is 239 g/mol. The summed E-state index contributed by atoms with van der Waals surface area (Å²) in [5.74, 6) is 0. The lowest BCUT2D eigenvalue weighted by molar-refractivity contribution is -0.385. The molecule has 90 valence electrons. The number of nitro benzene ring substituents is 1. The molecule has 3 nitrogen and oxygen atoms in total. The second-order valence-corrected chi connectivity index (χ2v) is 4.06. The Morgan fingerprint density at radius 2 is 1.78 bits per heavy atom. The summed E-state index contributed by atoms with van der Waals surface area (Å²) in [5.41, 5.74) is 2.79. The maximum absolute atomic E-state index is 10.9. The monoisotopic (exact) mass is 239 g/mol. The third-order valence-corrected chi connectivity index (χ3v) is 2.63. The predicted octanol–water partition coefficient (Wildman–Crippen LogP) is 4.07. The van der Waals surface area contributed by atoms with Crippen LogP contribution < -0.4 is 0 Å². The Morgan fingerprint density at radius 3 is 2.44 bits per heavy atom. The quantitative estimate of drug-likeness (QED) is 0.460. The molecular weight excluding hydrogens is 226 g/mol. The highest BCUT2D eigenvalue weighted by molar-refractivity contribution is 5.74. The second kappa shape index (κ2) is 5.27. The van der Waals surface area contributed by atoms with Gasteiger partial charge < -0.3 is 0 Å². The van der Waals surface area contributed by atoms with Crippen LogP contribution in [0, 0.1) is 17.0 Å². The van der Waals surface area contributed by atoms with E-state index in [9.17, 15) is 10.1 Å². The van der Waals surface area contributed by atoms with Gasteiger partial charge in [0.15, 0.2) is 0 Å². The van der Waals surface area contributed by atoms with Crippen molar-refractivity contribution in [1.82, 2.24) is 0 Å². The van der Waals surface area contributed by atoms with Crippen LogP contribution in [0.25, 0.3) is 12.2 Å². The molecule has 3 heteroatoms. The standard InChI is InChI=1S/C15H13NO2/c1-12-7-10-15(16(17)18)14(11-12)9-8-13-5-3-2-4-6-13/h2-11H,1H3. The molecule has 0 bridgehead atoms. The molecule has 0 aliphatic carbocycles. The summed E-state index contributed by atoms with van der Waals surface area (Å²) in [6.45, 7) is 1.92. The maximum atomic E-state index is 10.9. The lowest BCUT2D eigenvalue weighted by atomic mass is 10.1. The van der Waals surface area contributed by atoms with E-state index in [0.29, 0.717) is 5.56 Å². The highest BCUT2D eigenvalue weighted by Crippen LogP contribution is 2.22. The molecule has 0 aromatic heterocycles. The number of hydrogen-bond acceptors (Lipinski definition) is 2. The van der Waals surface area contributed by atoms with Gasteiger partial charge in [-0.3, -0.25) is 10.1 Å². The third-order valence-electron chi connectivity index (χ3n) is 2.63. The minimum absolute atomic E-state index is 0.132.